The summed E-state index contributed by atoms with van der Waals surface area (Å²) in [4.78, 5) is 15.8. The van der Waals surface area contributed by atoms with Gasteiger partial charge >= 0.3 is 0 Å². The number of rotatable bonds is 5. The first kappa shape index (κ1) is 14.2. The molecule has 0 aliphatic rings. The molecule has 96 valence electrons. The van der Waals surface area contributed by atoms with Gasteiger partial charge in [0, 0.05) is 6.54 Å². The van der Waals surface area contributed by atoms with Gasteiger partial charge in [0.05, 0.1) is 0 Å². The van der Waals surface area contributed by atoms with E-state index in [0.717, 1.165) is 12.8 Å². The van der Waals surface area contributed by atoms with Crippen molar-refractivity contribution in [1.82, 2.24) is 10.3 Å². The largest absolute Gasteiger partial charge is 0.350 e. The summed E-state index contributed by atoms with van der Waals surface area (Å²) < 4.78 is 0. The number of carbonyl (C=O) groups excluding carboxylic acids is 1. The number of nitrogens with zero attached hydrogens (tertiary/aromatic N) is 2. The molecule has 0 radical (unpaired) electrons. The second kappa shape index (κ2) is 6.15. The molecule has 0 aromatic carbocycles. The molecule has 4 nitrogen and oxygen atoms in total. The molecule has 1 amide bonds. The first-order valence-corrected chi connectivity index (χ1v) is 6.14. The van der Waals surface area contributed by atoms with Gasteiger partial charge < -0.3 is 5.32 Å². The standard InChI is InChI=1S/C14H19N3O/c1-4-8-14(2,3)10-16-13(18)12-7-5-6-11(9-15)17-12/h5-7H,4,8,10H2,1-3H3,(H,16,18). The highest BCUT2D eigenvalue weighted by molar-refractivity contribution is 5.92. The fourth-order valence-corrected chi connectivity index (χ4v) is 1.80. The topological polar surface area (TPSA) is 65.8 Å². The van der Waals surface area contributed by atoms with Gasteiger partial charge in [-0.2, -0.15) is 5.26 Å². The van der Waals surface area contributed by atoms with Crippen LogP contribution in [0.25, 0.3) is 0 Å². The van der Waals surface area contributed by atoms with Crippen LogP contribution in [0.2, 0.25) is 0 Å². The fraction of sp³-hybridized carbons (Fsp3) is 0.500. The Labute approximate surface area is 108 Å². The maximum absolute atomic E-state index is 11.9. The molecular formula is C14H19N3O. The highest BCUT2D eigenvalue weighted by Crippen LogP contribution is 2.20. The minimum absolute atomic E-state index is 0.0806. The lowest BCUT2D eigenvalue weighted by Gasteiger charge is -2.24. The number of nitriles is 1. The SMILES string of the molecule is CCCC(C)(C)CNC(=O)c1cccc(C#N)n1. The second-order valence-corrected chi connectivity index (χ2v) is 5.12. The average molecular weight is 245 g/mol. The van der Waals surface area contributed by atoms with Crippen molar-refractivity contribution >= 4 is 5.91 Å². The van der Waals surface area contributed by atoms with Gasteiger partial charge in [0.2, 0.25) is 0 Å². The molecule has 0 fully saturated rings. The van der Waals surface area contributed by atoms with E-state index in [9.17, 15) is 4.79 Å². The Bertz CT molecular complexity index is 460. The van der Waals surface area contributed by atoms with Gasteiger partial charge in [0.1, 0.15) is 17.5 Å². The van der Waals surface area contributed by atoms with Crippen LogP contribution < -0.4 is 5.32 Å². The number of pyridine rings is 1. The minimum atomic E-state index is -0.226. The van der Waals surface area contributed by atoms with E-state index < -0.39 is 0 Å². The van der Waals surface area contributed by atoms with Crippen LogP contribution in [-0.4, -0.2) is 17.4 Å². The summed E-state index contributed by atoms with van der Waals surface area (Å²) in [6, 6.07) is 6.78. The molecule has 1 rings (SSSR count). The van der Waals surface area contributed by atoms with Gasteiger partial charge in [0.25, 0.3) is 5.91 Å². The number of carbonyl (C=O) groups is 1. The van der Waals surface area contributed by atoms with E-state index in [4.69, 9.17) is 5.26 Å². The van der Waals surface area contributed by atoms with Crippen LogP contribution in [0.5, 0.6) is 0 Å². The summed E-state index contributed by atoms with van der Waals surface area (Å²) in [5, 5.41) is 11.6. The van der Waals surface area contributed by atoms with Crippen molar-refractivity contribution < 1.29 is 4.79 Å². The zero-order chi connectivity index (χ0) is 13.6. The van der Waals surface area contributed by atoms with Crippen LogP contribution in [-0.2, 0) is 0 Å². The molecule has 0 aliphatic heterocycles. The van der Waals surface area contributed by atoms with E-state index in [1.165, 1.54) is 0 Å². The zero-order valence-corrected chi connectivity index (χ0v) is 11.2. The van der Waals surface area contributed by atoms with Gasteiger partial charge in [-0.25, -0.2) is 4.98 Å². The summed E-state index contributed by atoms with van der Waals surface area (Å²) in [6.45, 7) is 6.98. The fourth-order valence-electron chi connectivity index (χ4n) is 1.80. The molecule has 0 unspecified atom stereocenters. The third-order valence-electron chi connectivity index (χ3n) is 2.75. The zero-order valence-electron chi connectivity index (χ0n) is 11.2. The van der Waals surface area contributed by atoms with Crippen molar-refractivity contribution in [3.05, 3.63) is 29.6 Å². The smallest absolute Gasteiger partial charge is 0.269 e. The molecule has 0 aliphatic carbocycles. The van der Waals surface area contributed by atoms with Crippen molar-refractivity contribution in [3.8, 4) is 6.07 Å². The molecule has 1 N–H and O–H groups in total. The lowest BCUT2D eigenvalue weighted by atomic mass is 9.88. The lowest BCUT2D eigenvalue weighted by molar-refractivity contribution is 0.0929. The van der Waals surface area contributed by atoms with E-state index in [1.54, 1.807) is 18.2 Å². The molecule has 0 saturated carbocycles. The van der Waals surface area contributed by atoms with Crippen LogP contribution in [0.4, 0.5) is 0 Å². The summed E-state index contributed by atoms with van der Waals surface area (Å²) in [6.07, 6.45) is 2.14. The Morgan fingerprint density at radius 1 is 1.50 bits per heavy atom. The number of hydrogen-bond donors (Lipinski definition) is 1. The van der Waals surface area contributed by atoms with E-state index in [0.29, 0.717) is 12.2 Å². The molecule has 0 spiro atoms. The van der Waals surface area contributed by atoms with E-state index in [2.05, 4.69) is 31.1 Å². The Morgan fingerprint density at radius 2 is 2.22 bits per heavy atom. The first-order valence-electron chi connectivity index (χ1n) is 6.14. The minimum Gasteiger partial charge on any atom is -0.350 e. The predicted octanol–water partition coefficient (Wildman–Crippen LogP) is 2.51. The highest BCUT2D eigenvalue weighted by atomic mass is 16.1. The highest BCUT2D eigenvalue weighted by Gasteiger charge is 2.18. The van der Waals surface area contributed by atoms with Crippen molar-refractivity contribution in [2.75, 3.05) is 6.54 Å². The van der Waals surface area contributed by atoms with Gasteiger partial charge in [-0.3, -0.25) is 4.79 Å². The van der Waals surface area contributed by atoms with Crippen molar-refractivity contribution in [2.24, 2.45) is 5.41 Å². The normalized spacial score (nSPS) is 10.8. The van der Waals surface area contributed by atoms with Crippen LogP contribution in [0, 0.1) is 16.7 Å². The molecule has 1 heterocycles. The Morgan fingerprint density at radius 3 is 2.83 bits per heavy atom. The Hall–Kier alpha value is -1.89. The summed E-state index contributed by atoms with van der Waals surface area (Å²) >= 11 is 0. The van der Waals surface area contributed by atoms with Crippen LogP contribution in [0.3, 0.4) is 0 Å². The number of aromatic nitrogens is 1. The van der Waals surface area contributed by atoms with Gasteiger partial charge in [-0.1, -0.05) is 33.3 Å². The molecule has 0 atom stereocenters. The molecule has 1 aromatic heterocycles. The van der Waals surface area contributed by atoms with Gasteiger partial charge in [-0.15, -0.1) is 0 Å². The van der Waals surface area contributed by atoms with Gasteiger partial charge in [0.15, 0.2) is 0 Å². The average Bonchev–Trinajstić information content (AvgIpc) is 2.36. The predicted molar refractivity (Wildman–Crippen MR) is 70.0 cm³/mol. The first-order chi connectivity index (χ1) is 8.48. The van der Waals surface area contributed by atoms with E-state index in [1.807, 2.05) is 6.07 Å². The van der Waals surface area contributed by atoms with Crippen LogP contribution >= 0.6 is 0 Å². The molecule has 0 bridgehead atoms. The number of nitrogens with one attached hydrogen (secondary N) is 1. The van der Waals surface area contributed by atoms with Crippen LogP contribution in [0.15, 0.2) is 18.2 Å². The van der Waals surface area contributed by atoms with Crippen molar-refractivity contribution in [2.45, 2.75) is 33.6 Å². The van der Waals surface area contributed by atoms with Crippen LogP contribution in [0.1, 0.15) is 49.8 Å². The third kappa shape index (κ3) is 4.17. The summed E-state index contributed by atoms with van der Waals surface area (Å²) in [5.41, 5.74) is 0.633. The molecule has 1 aromatic rings. The lowest BCUT2D eigenvalue weighted by Crippen LogP contribution is -2.34. The third-order valence-corrected chi connectivity index (χ3v) is 2.75. The quantitative estimate of drug-likeness (QED) is 0.866. The maximum Gasteiger partial charge on any atom is 0.269 e. The van der Waals surface area contributed by atoms with E-state index >= 15 is 0 Å². The second-order valence-electron chi connectivity index (χ2n) is 5.12. The van der Waals surface area contributed by atoms with Gasteiger partial charge in [-0.05, 0) is 24.0 Å². The Balaban J connectivity index is 2.63. The summed E-state index contributed by atoms with van der Waals surface area (Å²) in [7, 11) is 0. The molecular weight excluding hydrogens is 226 g/mol. The monoisotopic (exact) mass is 245 g/mol. The van der Waals surface area contributed by atoms with Crippen molar-refractivity contribution in [1.29, 1.82) is 5.26 Å². The molecule has 0 saturated heterocycles. The number of hydrogen-bond acceptors (Lipinski definition) is 3. The maximum atomic E-state index is 11.9. The van der Waals surface area contributed by atoms with Crippen molar-refractivity contribution in [3.63, 3.8) is 0 Å². The molecule has 18 heavy (non-hydrogen) atoms. The number of amides is 1. The Kier molecular flexibility index (Phi) is 4.85. The van der Waals surface area contributed by atoms with E-state index in [-0.39, 0.29) is 17.0 Å². The summed E-state index contributed by atoms with van der Waals surface area (Å²) in [5.74, 6) is -0.226. The molecule has 4 heteroatoms.